The van der Waals surface area contributed by atoms with Crippen LogP contribution in [0.5, 0.6) is 0 Å². The zero-order chi connectivity index (χ0) is 15.0. The molecule has 1 heterocycles. The fraction of sp³-hybridized carbons (Fsp3) is 0.444. The average molecular weight is 281 g/mol. The lowest BCUT2D eigenvalue weighted by Crippen LogP contribution is -2.06. The van der Waals surface area contributed by atoms with E-state index in [9.17, 15) is 0 Å². The number of hydrogen-bond acceptors (Lipinski definition) is 3. The number of hydrogen-bond donors (Lipinski definition) is 1. The second-order valence-electron chi connectivity index (χ2n) is 6.43. The maximum absolute atomic E-state index is 6.11. The number of aromatic nitrogens is 2. The Hall–Kier alpha value is -1.90. The van der Waals surface area contributed by atoms with Crippen molar-refractivity contribution in [3.63, 3.8) is 0 Å². The molecule has 21 heavy (non-hydrogen) atoms. The second kappa shape index (κ2) is 5.47. The van der Waals surface area contributed by atoms with Gasteiger partial charge in [0, 0.05) is 16.8 Å². The van der Waals surface area contributed by atoms with Gasteiger partial charge in [0.15, 0.2) is 5.82 Å². The third-order valence-electron chi connectivity index (χ3n) is 4.18. The fourth-order valence-corrected chi connectivity index (χ4v) is 2.89. The number of aryl methyl sites for hydroxylation is 1. The summed E-state index contributed by atoms with van der Waals surface area (Å²) in [6.07, 6.45) is 3.98. The molecule has 1 aromatic carbocycles. The number of rotatable bonds is 4. The standard InChI is InChI=1S/C18H23N3/c1-11(2)16-12(3)20-18(21-17(16)19)15-8-6-14(7-9-15)10-13-4-5-13/h6-9,11,13H,4-5,10H2,1-3H3,(H2,19,20,21). The molecule has 2 N–H and O–H groups in total. The minimum absolute atomic E-state index is 0.347. The van der Waals surface area contributed by atoms with Crippen LogP contribution in [0.1, 0.15) is 49.4 Å². The topological polar surface area (TPSA) is 51.8 Å². The van der Waals surface area contributed by atoms with Gasteiger partial charge in [0.05, 0.1) is 0 Å². The molecule has 0 aliphatic heterocycles. The molecule has 0 amide bonds. The average Bonchev–Trinajstić information content (AvgIpc) is 3.22. The highest BCUT2D eigenvalue weighted by Gasteiger charge is 2.21. The molecular weight excluding hydrogens is 258 g/mol. The van der Waals surface area contributed by atoms with Crippen molar-refractivity contribution in [3.8, 4) is 11.4 Å². The Morgan fingerprint density at radius 3 is 2.33 bits per heavy atom. The zero-order valence-electron chi connectivity index (χ0n) is 13.1. The van der Waals surface area contributed by atoms with Crippen molar-refractivity contribution < 1.29 is 0 Å². The van der Waals surface area contributed by atoms with Crippen LogP contribution in [0.4, 0.5) is 5.82 Å². The highest BCUT2D eigenvalue weighted by atomic mass is 15.0. The first-order chi connectivity index (χ1) is 10.0. The van der Waals surface area contributed by atoms with Crippen LogP contribution in [-0.2, 0) is 6.42 Å². The Balaban J connectivity index is 1.89. The van der Waals surface area contributed by atoms with Crippen LogP contribution in [-0.4, -0.2) is 9.97 Å². The molecule has 0 bridgehead atoms. The Morgan fingerprint density at radius 2 is 1.81 bits per heavy atom. The van der Waals surface area contributed by atoms with Crippen LogP contribution in [0.15, 0.2) is 24.3 Å². The van der Waals surface area contributed by atoms with Crippen molar-refractivity contribution in [2.75, 3.05) is 5.73 Å². The maximum atomic E-state index is 6.11. The molecule has 1 aromatic heterocycles. The quantitative estimate of drug-likeness (QED) is 0.917. The van der Waals surface area contributed by atoms with Crippen molar-refractivity contribution in [1.82, 2.24) is 9.97 Å². The molecule has 1 aliphatic rings. The van der Waals surface area contributed by atoms with E-state index in [4.69, 9.17) is 5.73 Å². The molecule has 110 valence electrons. The van der Waals surface area contributed by atoms with Gasteiger partial charge in [-0.3, -0.25) is 0 Å². The van der Waals surface area contributed by atoms with Crippen molar-refractivity contribution in [2.24, 2.45) is 5.92 Å². The van der Waals surface area contributed by atoms with Crippen LogP contribution in [0, 0.1) is 12.8 Å². The van der Waals surface area contributed by atoms with Gasteiger partial charge in [-0.2, -0.15) is 0 Å². The van der Waals surface area contributed by atoms with Crippen molar-refractivity contribution in [1.29, 1.82) is 0 Å². The molecule has 2 aromatic rings. The number of nitrogens with zero attached hydrogens (tertiary/aromatic N) is 2. The largest absolute Gasteiger partial charge is 0.383 e. The number of nitrogens with two attached hydrogens (primary N) is 1. The van der Waals surface area contributed by atoms with Gasteiger partial charge in [0.25, 0.3) is 0 Å². The van der Waals surface area contributed by atoms with Crippen molar-refractivity contribution in [2.45, 2.75) is 46.0 Å². The van der Waals surface area contributed by atoms with E-state index >= 15 is 0 Å². The summed E-state index contributed by atoms with van der Waals surface area (Å²) in [5.74, 6) is 2.59. The lowest BCUT2D eigenvalue weighted by Gasteiger charge is -2.13. The van der Waals surface area contributed by atoms with Crippen LogP contribution in [0.3, 0.4) is 0 Å². The maximum Gasteiger partial charge on any atom is 0.161 e. The Bertz CT molecular complexity index is 617. The van der Waals surface area contributed by atoms with E-state index in [1.54, 1.807) is 0 Å². The molecule has 1 saturated carbocycles. The summed E-state index contributed by atoms with van der Waals surface area (Å²) in [7, 11) is 0. The van der Waals surface area contributed by atoms with Gasteiger partial charge < -0.3 is 5.73 Å². The Morgan fingerprint density at radius 1 is 1.14 bits per heavy atom. The third kappa shape index (κ3) is 3.07. The smallest absolute Gasteiger partial charge is 0.161 e. The van der Waals surface area contributed by atoms with Crippen LogP contribution >= 0.6 is 0 Å². The van der Waals surface area contributed by atoms with E-state index in [1.165, 1.54) is 24.8 Å². The molecular formula is C18H23N3. The van der Waals surface area contributed by atoms with E-state index in [1.807, 2.05) is 6.92 Å². The summed E-state index contributed by atoms with van der Waals surface area (Å²) < 4.78 is 0. The summed E-state index contributed by atoms with van der Waals surface area (Å²) in [6.45, 7) is 6.25. The van der Waals surface area contributed by atoms with Gasteiger partial charge in [-0.25, -0.2) is 9.97 Å². The first kappa shape index (κ1) is 14.1. The summed E-state index contributed by atoms with van der Waals surface area (Å²) in [4.78, 5) is 9.13. The summed E-state index contributed by atoms with van der Waals surface area (Å²) >= 11 is 0. The minimum atomic E-state index is 0.347. The predicted octanol–water partition coefficient (Wildman–Crippen LogP) is 4.11. The summed E-state index contributed by atoms with van der Waals surface area (Å²) in [5, 5.41) is 0. The Labute approximate surface area is 126 Å². The van der Waals surface area contributed by atoms with Gasteiger partial charge in [-0.1, -0.05) is 38.1 Å². The summed E-state index contributed by atoms with van der Waals surface area (Å²) in [5.41, 5.74) is 10.6. The molecule has 0 unspecified atom stereocenters. The number of anilines is 1. The highest BCUT2D eigenvalue weighted by molar-refractivity contribution is 5.59. The molecule has 1 fully saturated rings. The molecule has 0 saturated heterocycles. The van der Waals surface area contributed by atoms with Gasteiger partial charge >= 0.3 is 0 Å². The van der Waals surface area contributed by atoms with E-state index in [-0.39, 0.29) is 0 Å². The minimum Gasteiger partial charge on any atom is -0.383 e. The van der Waals surface area contributed by atoms with Gasteiger partial charge in [-0.15, -0.1) is 0 Å². The normalized spacial score (nSPS) is 14.7. The molecule has 0 spiro atoms. The van der Waals surface area contributed by atoms with Gasteiger partial charge in [-0.05, 0) is 43.6 Å². The molecule has 0 radical (unpaired) electrons. The molecule has 3 nitrogen and oxygen atoms in total. The highest BCUT2D eigenvalue weighted by Crippen LogP contribution is 2.33. The van der Waals surface area contributed by atoms with E-state index in [0.29, 0.717) is 11.7 Å². The van der Waals surface area contributed by atoms with Crippen LogP contribution in [0.25, 0.3) is 11.4 Å². The van der Waals surface area contributed by atoms with E-state index < -0.39 is 0 Å². The molecule has 3 heteroatoms. The molecule has 0 atom stereocenters. The van der Waals surface area contributed by atoms with Gasteiger partial charge in [0.2, 0.25) is 0 Å². The summed E-state index contributed by atoms with van der Waals surface area (Å²) in [6, 6.07) is 8.61. The van der Waals surface area contributed by atoms with E-state index in [0.717, 1.165) is 28.6 Å². The lowest BCUT2D eigenvalue weighted by molar-refractivity contribution is 0.831. The molecule has 3 rings (SSSR count). The zero-order valence-corrected chi connectivity index (χ0v) is 13.1. The second-order valence-corrected chi connectivity index (χ2v) is 6.43. The van der Waals surface area contributed by atoms with Crippen LogP contribution in [0.2, 0.25) is 0 Å². The first-order valence-corrected chi connectivity index (χ1v) is 7.78. The number of nitrogen functional groups attached to an aromatic ring is 1. The van der Waals surface area contributed by atoms with Gasteiger partial charge in [0.1, 0.15) is 5.82 Å². The number of benzene rings is 1. The van der Waals surface area contributed by atoms with E-state index in [2.05, 4.69) is 48.1 Å². The van der Waals surface area contributed by atoms with Crippen LogP contribution < -0.4 is 5.73 Å². The SMILES string of the molecule is Cc1nc(-c2ccc(CC3CC3)cc2)nc(N)c1C(C)C. The Kier molecular flexibility index (Phi) is 3.66. The predicted molar refractivity (Wildman–Crippen MR) is 87.1 cm³/mol. The molecule has 1 aliphatic carbocycles. The fourth-order valence-electron chi connectivity index (χ4n) is 2.89. The van der Waals surface area contributed by atoms with Crippen molar-refractivity contribution in [3.05, 3.63) is 41.1 Å². The monoisotopic (exact) mass is 281 g/mol. The third-order valence-corrected chi connectivity index (χ3v) is 4.18. The van der Waals surface area contributed by atoms with Crippen molar-refractivity contribution >= 4 is 5.82 Å². The first-order valence-electron chi connectivity index (χ1n) is 7.78. The lowest BCUT2D eigenvalue weighted by atomic mass is 10.0.